The third kappa shape index (κ3) is 5.06. The molecule has 2 N–H and O–H groups in total. The Morgan fingerprint density at radius 2 is 1.61 bits per heavy atom. The molecule has 1 heterocycles. The van der Waals surface area contributed by atoms with E-state index in [1.165, 1.54) is 36.4 Å². The number of ether oxygens (including phenoxy) is 1. The van der Waals surface area contributed by atoms with Crippen molar-refractivity contribution in [3.8, 4) is 5.75 Å². The summed E-state index contributed by atoms with van der Waals surface area (Å²) in [6.45, 7) is 0.555. The summed E-state index contributed by atoms with van der Waals surface area (Å²) >= 11 is 0. The van der Waals surface area contributed by atoms with E-state index in [0.717, 1.165) is 11.1 Å². The van der Waals surface area contributed by atoms with Crippen molar-refractivity contribution in [3.05, 3.63) is 95.1 Å². The van der Waals surface area contributed by atoms with Crippen LogP contribution in [0.3, 0.4) is 0 Å². The third-order valence-electron chi connectivity index (χ3n) is 5.08. The molecule has 0 fully saturated rings. The van der Waals surface area contributed by atoms with Crippen molar-refractivity contribution < 1.29 is 23.1 Å². The monoisotopic (exact) mass is 422 g/mol. The van der Waals surface area contributed by atoms with Gasteiger partial charge in [0.05, 0.1) is 5.92 Å². The number of carbonyl (C=O) groups is 2. The van der Waals surface area contributed by atoms with Crippen molar-refractivity contribution in [3.63, 3.8) is 0 Å². The van der Waals surface area contributed by atoms with Crippen molar-refractivity contribution >= 4 is 17.5 Å². The molecule has 0 saturated heterocycles. The van der Waals surface area contributed by atoms with Gasteiger partial charge in [0.25, 0.3) is 5.91 Å². The van der Waals surface area contributed by atoms with Gasteiger partial charge in [-0.05, 0) is 72.1 Å². The van der Waals surface area contributed by atoms with E-state index >= 15 is 0 Å². The van der Waals surface area contributed by atoms with Gasteiger partial charge in [0.1, 0.15) is 24.0 Å². The van der Waals surface area contributed by atoms with Crippen LogP contribution in [0, 0.1) is 17.6 Å². The smallest absolute Gasteiger partial charge is 0.255 e. The van der Waals surface area contributed by atoms with E-state index in [4.69, 9.17) is 4.74 Å². The molecule has 31 heavy (non-hydrogen) atoms. The van der Waals surface area contributed by atoms with Crippen LogP contribution in [0.2, 0.25) is 0 Å². The largest absolute Gasteiger partial charge is 0.492 e. The van der Waals surface area contributed by atoms with Crippen LogP contribution in [-0.2, 0) is 17.8 Å². The number of benzene rings is 3. The molecule has 1 aliphatic rings. The van der Waals surface area contributed by atoms with Crippen molar-refractivity contribution in [1.82, 2.24) is 5.32 Å². The number of halogens is 2. The topological polar surface area (TPSA) is 67.4 Å². The minimum atomic E-state index is -0.411. The fourth-order valence-corrected chi connectivity index (χ4v) is 3.38. The van der Waals surface area contributed by atoms with E-state index in [1.807, 2.05) is 0 Å². The number of amides is 2. The Morgan fingerprint density at radius 1 is 0.935 bits per heavy atom. The van der Waals surface area contributed by atoms with Crippen LogP contribution < -0.4 is 15.4 Å². The Morgan fingerprint density at radius 3 is 2.32 bits per heavy atom. The van der Waals surface area contributed by atoms with Gasteiger partial charge in [-0.3, -0.25) is 9.59 Å². The molecule has 1 unspecified atom stereocenters. The second-order valence-corrected chi connectivity index (χ2v) is 7.34. The fraction of sp³-hybridized carbons (Fsp3) is 0.167. The van der Waals surface area contributed by atoms with E-state index in [9.17, 15) is 18.4 Å². The maximum atomic E-state index is 13.0. The highest BCUT2D eigenvalue weighted by molar-refractivity contribution is 6.04. The quantitative estimate of drug-likeness (QED) is 0.651. The summed E-state index contributed by atoms with van der Waals surface area (Å²) in [5.41, 5.74) is 2.51. The lowest BCUT2D eigenvalue weighted by molar-refractivity contribution is -0.126. The number of hydrogen-bond acceptors (Lipinski definition) is 3. The first-order valence-electron chi connectivity index (χ1n) is 9.83. The fourth-order valence-electron chi connectivity index (χ4n) is 3.38. The zero-order valence-electron chi connectivity index (χ0n) is 16.5. The van der Waals surface area contributed by atoms with Gasteiger partial charge in [0.15, 0.2) is 0 Å². The molecule has 1 atom stereocenters. The summed E-state index contributed by atoms with van der Waals surface area (Å²) in [5, 5.41) is 5.62. The summed E-state index contributed by atoms with van der Waals surface area (Å²) in [4.78, 5) is 24.9. The van der Waals surface area contributed by atoms with E-state index in [1.54, 1.807) is 30.3 Å². The molecule has 4 rings (SSSR count). The van der Waals surface area contributed by atoms with Gasteiger partial charge in [-0.2, -0.15) is 0 Å². The van der Waals surface area contributed by atoms with Crippen LogP contribution in [0.15, 0.2) is 66.7 Å². The first-order valence-corrected chi connectivity index (χ1v) is 9.83. The van der Waals surface area contributed by atoms with Crippen molar-refractivity contribution in [2.45, 2.75) is 13.0 Å². The van der Waals surface area contributed by atoms with Gasteiger partial charge in [-0.25, -0.2) is 8.78 Å². The second-order valence-electron chi connectivity index (χ2n) is 7.34. The molecule has 1 aliphatic heterocycles. The predicted molar refractivity (Wildman–Crippen MR) is 112 cm³/mol. The van der Waals surface area contributed by atoms with Gasteiger partial charge in [-0.15, -0.1) is 0 Å². The first-order chi connectivity index (χ1) is 15.0. The van der Waals surface area contributed by atoms with Crippen molar-refractivity contribution in [2.24, 2.45) is 5.92 Å². The lowest BCUT2D eigenvalue weighted by Crippen LogP contribution is -2.37. The molecule has 7 heteroatoms. The zero-order chi connectivity index (χ0) is 21.8. The summed E-state index contributed by atoms with van der Waals surface area (Å²) < 4.78 is 31.8. The Balaban J connectivity index is 1.38. The molecule has 158 valence electrons. The normalized spacial score (nSPS) is 14.8. The van der Waals surface area contributed by atoms with Gasteiger partial charge in [0.2, 0.25) is 5.91 Å². The van der Waals surface area contributed by atoms with Crippen molar-refractivity contribution in [1.29, 1.82) is 0 Å². The summed E-state index contributed by atoms with van der Waals surface area (Å²) in [6.07, 6.45) is 0.463. The number of fused-ring (bicyclic) bond motifs is 1. The number of nitrogens with one attached hydrogen (secondary N) is 2. The molecule has 0 spiro atoms. The van der Waals surface area contributed by atoms with Gasteiger partial charge >= 0.3 is 0 Å². The van der Waals surface area contributed by atoms with Gasteiger partial charge in [-0.1, -0.05) is 12.1 Å². The molecular weight excluding hydrogens is 402 g/mol. The molecular formula is C24H20F2N2O3. The molecule has 5 nitrogen and oxygen atoms in total. The van der Waals surface area contributed by atoms with Crippen molar-refractivity contribution in [2.75, 3.05) is 11.9 Å². The Labute approximate surface area is 178 Å². The maximum Gasteiger partial charge on any atom is 0.255 e. The SMILES string of the molecule is O=C(Nc1ccc2c(c1)CC(C(=O)NCc1ccc(F)cc1)CO2)c1ccc(F)cc1. The maximum absolute atomic E-state index is 13.0. The average molecular weight is 422 g/mol. The molecule has 0 aliphatic carbocycles. The number of anilines is 1. The summed E-state index contributed by atoms with van der Waals surface area (Å²) in [5.74, 6) is -0.958. The minimum absolute atomic E-state index is 0.157. The van der Waals surface area contributed by atoms with Crippen LogP contribution in [0.1, 0.15) is 21.5 Å². The number of carbonyl (C=O) groups excluding carboxylic acids is 2. The molecule has 3 aromatic rings. The number of rotatable bonds is 5. The molecule has 0 aromatic heterocycles. The molecule has 0 saturated carbocycles. The summed E-state index contributed by atoms with van der Waals surface area (Å²) in [7, 11) is 0. The van der Waals surface area contributed by atoms with E-state index in [-0.39, 0.29) is 30.2 Å². The van der Waals surface area contributed by atoms with E-state index in [0.29, 0.717) is 30.0 Å². The molecule has 3 aromatic carbocycles. The van der Waals surface area contributed by atoms with Gasteiger partial charge < -0.3 is 15.4 Å². The zero-order valence-corrected chi connectivity index (χ0v) is 16.5. The van der Waals surface area contributed by atoms with Crippen LogP contribution in [-0.4, -0.2) is 18.4 Å². The molecule has 2 amide bonds. The number of hydrogen-bond donors (Lipinski definition) is 2. The average Bonchev–Trinajstić information content (AvgIpc) is 2.78. The highest BCUT2D eigenvalue weighted by atomic mass is 19.1. The predicted octanol–water partition coefficient (Wildman–Crippen LogP) is 4.08. The lowest BCUT2D eigenvalue weighted by Gasteiger charge is -2.25. The standard InChI is InChI=1S/C24H20F2N2O3/c25-19-5-1-15(2-6-19)13-27-23(29)18-11-17-12-21(9-10-22(17)31-14-18)28-24(30)16-3-7-20(26)8-4-16/h1-10,12,18H,11,13-14H2,(H,27,29)(H,28,30). The Kier molecular flexibility index (Phi) is 5.93. The van der Waals surface area contributed by atoms with E-state index < -0.39 is 5.82 Å². The Hall–Kier alpha value is -3.74. The van der Waals surface area contributed by atoms with Crippen LogP contribution in [0.4, 0.5) is 14.5 Å². The highest BCUT2D eigenvalue weighted by Crippen LogP contribution is 2.30. The molecule has 0 radical (unpaired) electrons. The minimum Gasteiger partial charge on any atom is -0.492 e. The first kappa shape index (κ1) is 20.5. The molecule has 0 bridgehead atoms. The van der Waals surface area contributed by atoms with E-state index in [2.05, 4.69) is 10.6 Å². The van der Waals surface area contributed by atoms with Crippen LogP contribution in [0.5, 0.6) is 5.75 Å². The highest BCUT2D eigenvalue weighted by Gasteiger charge is 2.26. The van der Waals surface area contributed by atoms with Crippen LogP contribution in [0.25, 0.3) is 0 Å². The Bertz CT molecular complexity index is 1100. The third-order valence-corrected chi connectivity index (χ3v) is 5.08. The van der Waals surface area contributed by atoms with Crippen LogP contribution >= 0.6 is 0 Å². The lowest BCUT2D eigenvalue weighted by atomic mass is 9.95. The summed E-state index contributed by atoms with van der Waals surface area (Å²) in [6, 6.07) is 16.5. The van der Waals surface area contributed by atoms with Gasteiger partial charge in [0, 0.05) is 17.8 Å². The second kappa shape index (κ2) is 8.95.